The minimum Gasteiger partial charge on any atom is -0.457 e. The molecule has 0 spiro atoms. The number of amides is 2. The zero-order valence-electron chi connectivity index (χ0n) is 17.8. The van der Waals surface area contributed by atoms with E-state index >= 15 is 0 Å². The molecule has 1 unspecified atom stereocenters. The van der Waals surface area contributed by atoms with Gasteiger partial charge in [0.05, 0.1) is 18.1 Å². The Morgan fingerprint density at radius 1 is 1.23 bits per heavy atom. The normalized spacial score (nSPS) is 24.4. The summed E-state index contributed by atoms with van der Waals surface area (Å²) < 4.78 is 10.3. The van der Waals surface area contributed by atoms with Crippen molar-refractivity contribution in [2.75, 3.05) is 26.3 Å². The molecule has 31 heavy (non-hydrogen) atoms. The van der Waals surface area contributed by atoms with Crippen LogP contribution in [0.25, 0.3) is 0 Å². The molecule has 1 N–H and O–H groups in total. The van der Waals surface area contributed by atoms with Crippen LogP contribution in [-0.4, -0.2) is 76.6 Å². The number of esters is 1. The van der Waals surface area contributed by atoms with Crippen molar-refractivity contribution in [3.05, 3.63) is 35.9 Å². The highest BCUT2D eigenvalue weighted by molar-refractivity contribution is 8.03. The van der Waals surface area contributed by atoms with Gasteiger partial charge in [-0.15, -0.1) is 11.8 Å². The third-order valence-electron chi connectivity index (χ3n) is 5.86. The number of carbonyl (C=O) groups is 3. The SMILES string of the molecule is C=CCOC(=O)C1=C(SC2CCN(C(=O)OCC=C)CC2)C[C@@H]2[C@H](C(O)CC)C(=O)N12. The predicted octanol–water partition coefficient (Wildman–Crippen LogP) is 2.45. The molecule has 3 heterocycles. The van der Waals surface area contributed by atoms with Crippen LogP contribution < -0.4 is 0 Å². The highest BCUT2D eigenvalue weighted by Crippen LogP contribution is 2.49. The number of ether oxygens (including phenoxy) is 2. The maximum Gasteiger partial charge on any atom is 0.410 e. The van der Waals surface area contributed by atoms with Gasteiger partial charge in [0.15, 0.2) is 0 Å². The fraction of sp³-hybridized carbons (Fsp3) is 0.591. The number of hydrogen-bond donors (Lipinski definition) is 1. The second kappa shape index (κ2) is 10.4. The summed E-state index contributed by atoms with van der Waals surface area (Å²) in [4.78, 5) is 41.4. The zero-order chi connectivity index (χ0) is 22.5. The molecule has 0 aromatic rings. The number of likely N-dealkylation sites (tertiary alicyclic amines) is 1. The van der Waals surface area contributed by atoms with E-state index in [0.717, 1.165) is 17.7 Å². The summed E-state index contributed by atoms with van der Waals surface area (Å²) in [6, 6.07) is -0.204. The lowest BCUT2D eigenvalue weighted by Crippen LogP contribution is -2.62. The van der Waals surface area contributed by atoms with Gasteiger partial charge in [-0.3, -0.25) is 4.79 Å². The van der Waals surface area contributed by atoms with Crippen molar-refractivity contribution in [2.45, 2.75) is 50.0 Å². The van der Waals surface area contributed by atoms with E-state index in [9.17, 15) is 19.5 Å². The molecule has 3 atom stereocenters. The average Bonchev–Trinajstić information content (AvgIpc) is 3.10. The molecule has 2 saturated heterocycles. The first kappa shape index (κ1) is 23.4. The largest absolute Gasteiger partial charge is 0.457 e. The molecule has 0 saturated carbocycles. The monoisotopic (exact) mass is 450 g/mol. The first-order valence-corrected chi connectivity index (χ1v) is 11.5. The van der Waals surface area contributed by atoms with Gasteiger partial charge in [-0.05, 0) is 19.3 Å². The maximum atomic E-state index is 12.7. The summed E-state index contributed by atoms with van der Waals surface area (Å²) in [5, 5.41) is 10.5. The number of fused-ring (bicyclic) bond motifs is 1. The van der Waals surface area contributed by atoms with Gasteiger partial charge in [-0.1, -0.05) is 32.2 Å². The van der Waals surface area contributed by atoms with Crippen molar-refractivity contribution < 1.29 is 29.0 Å². The maximum absolute atomic E-state index is 12.7. The third kappa shape index (κ3) is 4.82. The van der Waals surface area contributed by atoms with E-state index in [0.29, 0.717) is 31.6 Å². The number of aliphatic hydroxyl groups is 1. The molecule has 0 bridgehead atoms. The van der Waals surface area contributed by atoms with Crippen molar-refractivity contribution in [2.24, 2.45) is 5.92 Å². The number of β-lactam (4-membered cyclic amide) rings is 1. The first-order chi connectivity index (χ1) is 14.9. The van der Waals surface area contributed by atoms with E-state index < -0.39 is 18.0 Å². The van der Waals surface area contributed by atoms with Gasteiger partial charge in [0.2, 0.25) is 5.91 Å². The van der Waals surface area contributed by atoms with Crippen molar-refractivity contribution >= 4 is 29.7 Å². The Labute approximate surface area is 186 Å². The van der Waals surface area contributed by atoms with E-state index in [4.69, 9.17) is 9.47 Å². The van der Waals surface area contributed by atoms with Crippen LogP contribution in [0.3, 0.4) is 0 Å². The fourth-order valence-electron chi connectivity index (χ4n) is 4.26. The Morgan fingerprint density at radius 2 is 1.87 bits per heavy atom. The number of thioether (sulfide) groups is 1. The summed E-state index contributed by atoms with van der Waals surface area (Å²) in [6.45, 7) is 10.3. The number of piperidine rings is 1. The standard InChI is InChI=1S/C22H30N2O6S/c1-4-11-29-21(27)19-17(13-15-18(16(25)6-3)20(26)24(15)19)31-14-7-9-23(10-8-14)22(28)30-12-5-2/h4-5,14-16,18,25H,1-2,6-13H2,3H3/t15-,16?,18-/m1/s1. The lowest BCUT2D eigenvalue weighted by atomic mass is 9.82. The van der Waals surface area contributed by atoms with Gasteiger partial charge in [-0.2, -0.15) is 0 Å². The second-order valence-electron chi connectivity index (χ2n) is 7.81. The van der Waals surface area contributed by atoms with Crippen LogP contribution in [0.1, 0.15) is 32.6 Å². The third-order valence-corrected chi connectivity index (χ3v) is 7.31. The Kier molecular flexibility index (Phi) is 7.83. The van der Waals surface area contributed by atoms with E-state index in [1.54, 1.807) is 16.7 Å². The molecule has 0 aromatic carbocycles. The molecule has 0 aromatic heterocycles. The molecule has 3 rings (SSSR count). The minimum absolute atomic E-state index is 0.0687. The number of rotatable bonds is 9. The minimum atomic E-state index is -0.714. The van der Waals surface area contributed by atoms with Gasteiger partial charge in [-0.25, -0.2) is 9.59 Å². The molecule has 170 valence electrons. The van der Waals surface area contributed by atoms with Gasteiger partial charge in [0, 0.05) is 29.7 Å². The average molecular weight is 451 g/mol. The molecule has 2 fully saturated rings. The quantitative estimate of drug-likeness (QED) is 0.327. The molecule has 8 nitrogen and oxygen atoms in total. The van der Waals surface area contributed by atoms with Gasteiger partial charge >= 0.3 is 12.1 Å². The number of hydrogen-bond acceptors (Lipinski definition) is 7. The summed E-state index contributed by atoms with van der Waals surface area (Å²) in [7, 11) is 0. The zero-order valence-corrected chi connectivity index (χ0v) is 18.6. The Morgan fingerprint density at radius 3 is 2.48 bits per heavy atom. The number of carbonyl (C=O) groups excluding carboxylic acids is 3. The van der Waals surface area contributed by atoms with Crippen LogP contribution in [-0.2, 0) is 19.1 Å². The van der Waals surface area contributed by atoms with Gasteiger partial charge in [0.25, 0.3) is 0 Å². The van der Waals surface area contributed by atoms with Gasteiger partial charge < -0.3 is 24.4 Å². The molecule has 0 radical (unpaired) electrons. The Bertz CT molecular complexity index is 774. The summed E-state index contributed by atoms with van der Waals surface area (Å²) in [5.74, 6) is -1.24. The van der Waals surface area contributed by atoms with Crippen LogP contribution in [0.5, 0.6) is 0 Å². The lowest BCUT2D eigenvalue weighted by molar-refractivity contribution is -0.162. The smallest absolute Gasteiger partial charge is 0.410 e. The molecule has 0 aliphatic carbocycles. The topological polar surface area (TPSA) is 96.4 Å². The van der Waals surface area contributed by atoms with Crippen LogP contribution in [0.2, 0.25) is 0 Å². The highest BCUT2D eigenvalue weighted by Gasteiger charge is 2.57. The van der Waals surface area contributed by atoms with E-state index in [2.05, 4.69) is 13.2 Å². The van der Waals surface area contributed by atoms with E-state index in [1.165, 1.54) is 17.1 Å². The van der Waals surface area contributed by atoms with Crippen LogP contribution in [0.4, 0.5) is 4.79 Å². The van der Waals surface area contributed by atoms with Crippen LogP contribution in [0, 0.1) is 5.92 Å². The second-order valence-corrected chi connectivity index (χ2v) is 9.21. The highest BCUT2D eigenvalue weighted by atomic mass is 32.2. The molecular weight excluding hydrogens is 420 g/mol. The van der Waals surface area contributed by atoms with Crippen molar-refractivity contribution in [1.82, 2.24) is 9.80 Å². The molecule has 3 aliphatic rings. The Hall–Kier alpha value is -2.26. The molecule has 2 amide bonds. The first-order valence-electron chi connectivity index (χ1n) is 10.6. The summed E-state index contributed by atoms with van der Waals surface area (Å²) in [6.07, 6.45) is 4.50. The molecule has 9 heteroatoms. The predicted molar refractivity (Wildman–Crippen MR) is 117 cm³/mol. The van der Waals surface area contributed by atoms with Crippen LogP contribution in [0.15, 0.2) is 35.9 Å². The van der Waals surface area contributed by atoms with E-state index in [1.807, 2.05) is 6.92 Å². The van der Waals surface area contributed by atoms with Crippen molar-refractivity contribution in [3.8, 4) is 0 Å². The number of aliphatic hydroxyl groups excluding tert-OH is 1. The van der Waals surface area contributed by atoms with Gasteiger partial charge in [0.1, 0.15) is 18.9 Å². The Balaban J connectivity index is 1.68. The number of nitrogens with zero attached hydrogens (tertiary/aromatic N) is 2. The van der Waals surface area contributed by atoms with Crippen molar-refractivity contribution in [3.63, 3.8) is 0 Å². The van der Waals surface area contributed by atoms with Crippen LogP contribution >= 0.6 is 11.8 Å². The van der Waals surface area contributed by atoms with E-state index in [-0.39, 0.29) is 36.5 Å². The lowest BCUT2D eigenvalue weighted by Gasteiger charge is -2.45. The summed E-state index contributed by atoms with van der Waals surface area (Å²) in [5.41, 5.74) is 0.300. The van der Waals surface area contributed by atoms with Crippen molar-refractivity contribution in [1.29, 1.82) is 0 Å². The fourth-order valence-corrected chi connectivity index (χ4v) is 5.66. The summed E-state index contributed by atoms with van der Waals surface area (Å²) >= 11 is 1.58. The molecular formula is C22H30N2O6S. The molecule has 3 aliphatic heterocycles.